The van der Waals surface area contributed by atoms with Crippen LogP contribution < -0.4 is 15.0 Å². The summed E-state index contributed by atoms with van der Waals surface area (Å²) in [7, 11) is 1.63. The number of aromatic nitrogens is 3. The third kappa shape index (κ3) is 5.65. The molecule has 0 bridgehead atoms. The molecule has 2 aromatic carbocycles. The number of hydrogen-bond acceptors (Lipinski definition) is 8. The molecule has 6 rings (SSSR count). The maximum Gasteiger partial charge on any atom is 0.416 e. The van der Waals surface area contributed by atoms with Crippen LogP contribution in [0.5, 0.6) is 5.75 Å². The molecule has 0 saturated heterocycles. The fourth-order valence-corrected chi connectivity index (χ4v) is 6.03. The number of hydrogen-bond donors (Lipinski definition) is 1. The molecule has 1 N–H and O–H groups in total. The molecule has 2 amide bonds. The number of fused-ring (bicyclic) bond motifs is 3. The summed E-state index contributed by atoms with van der Waals surface area (Å²) < 4.78 is 46.2. The number of amides is 2. The van der Waals surface area contributed by atoms with Crippen LogP contribution in [0.4, 0.5) is 24.1 Å². The smallest absolute Gasteiger partial charge is 0.416 e. The Morgan fingerprint density at radius 3 is 2.70 bits per heavy atom. The molecule has 0 unspecified atom stereocenters. The molecule has 43 heavy (non-hydrogen) atoms. The van der Waals surface area contributed by atoms with Crippen molar-refractivity contribution in [1.82, 2.24) is 19.4 Å². The molecule has 0 spiro atoms. The summed E-state index contributed by atoms with van der Waals surface area (Å²) in [6.45, 7) is 0.817. The number of alkyl halides is 3. The molecule has 2 aliphatic heterocycles. The summed E-state index contributed by atoms with van der Waals surface area (Å²) in [6, 6.07) is 7.90. The predicted molar refractivity (Wildman–Crippen MR) is 156 cm³/mol. The molecule has 2 aliphatic rings. The third-order valence-electron chi connectivity index (χ3n) is 6.70. The lowest BCUT2D eigenvalue weighted by molar-refractivity contribution is -0.137. The van der Waals surface area contributed by atoms with Crippen LogP contribution in [0.3, 0.4) is 0 Å². The van der Waals surface area contributed by atoms with E-state index in [9.17, 15) is 22.8 Å². The minimum atomic E-state index is -4.47. The first-order valence-electron chi connectivity index (χ1n) is 12.7. The number of carbonyl (C=O) groups excluding carboxylic acids is 2. The van der Waals surface area contributed by atoms with Crippen molar-refractivity contribution in [2.45, 2.75) is 19.3 Å². The predicted octanol–water partition coefficient (Wildman–Crippen LogP) is 5.81. The van der Waals surface area contributed by atoms with Crippen LogP contribution in [-0.2, 0) is 24.1 Å². The van der Waals surface area contributed by atoms with E-state index in [0.29, 0.717) is 52.5 Å². The molecule has 0 aliphatic carbocycles. The Morgan fingerprint density at radius 1 is 1.19 bits per heavy atom. The molecule has 16 heteroatoms. The first kappa shape index (κ1) is 29.0. The number of carbonyl (C=O) groups is 2. The van der Waals surface area contributed by atoms with Crippen LogP contribution in [0.2, 0.25) is 10.0 Å². The van der Waals surface area contributed by atoms with E-state index in [1.54, 1.807) is 24.6 Å². The number of imidazole rings is 1. The van der Waals surface area contributed by atoms with E-state index in [2.05, 4.69) is 20.3 Å². The number of anilines is 2. The molecule has 0 radical (unpaired) electrons. The first-order valence-corrected chi connectivity index (χ1v) is 14.3. The lowest BCUT2D eigenvalue weighted by atomic mass is 10.1. The molecule has 222 valence electrons. The topological polar surface area (TPSA) is 105 Å². The summed E-state index contributed by atoms with van der Waals surface area (Å²) >= 11 is 14.0. The van der Waals surface area contributed by atoms with Gasteiger partial charge < -0.3 is 14.6 Å². The van der Waals surface area contributed by atoms with Crippen LogP contribution >= 0.6 is 34.5 Å². The largest absolute Gasteiger partial charge is 0.486 e. The fourth-order valence-electron chi connectivity index (χ4n) is 4.70. The van der Waals surface area contributed by atoms with Gasteiger partial charge in [0.25, 0.3) is 5.91 Å². The van der Waals surface area contributed by atoms with Gasteiger partial charge in [-0.05, 0) is 29.8 Å². The van der Waals surface area contributed by atoms with Gasteiger partial charge in [0.15, 0.2) is 22.4 Å². The van der Waals surface area contributed by atoms with Crippen LogP contribution in [0.1, 0.15) is 21.6 Å². The number of halogens is 5. The van der Waals surface area contributed by atoms with Crippen LogP contribution in [0.25, 0.3) is 11.3 Å². The maximum absolute atomic E-state index is 13.0. The lowest BCUT2D eigenvalue weighted by Crippen LogP contribution is -2.48. The zero-order valence-corrected chi connectivity index (χ0v) is 24.5. The molecule has 4 aromatic rings. The van der Waals surface area contributed by atoms with Gasteiger partial charge >= 0.3 is 6.18 Å². The summed E-state index contributed by atoms with van der Waals surface area (Å²) in [5.74, 6) is 0.416. The van der Waals surface area contributed by atoms with Gasteiger partial charge in [-0.15, -0.1) is 11.3 Å². The molecule has 0 fully saturated rings. The van der Waals surface area contributed by atoms with Gasteiger partial charge in [-0.25, -0.2) is 9.97 Å². The molecule has 4 heterocycles. The van der Waals surface area contributed by atoms with Gasteiger partial charge in [-0.1, -0.05) is 35.3 Å². The Labute approximate surface area is 256 Å². The summed E-state index contributed by atoms with van der Waals surface area (Å²) in [5, 5.41) is 5.02. The van der Waals surface area contributed by atoms with Crippen molar-refractivity contribution in [1.29, 1.82) is 0 Å². The minimum Gasteiger partial charge on any atom is -0.486 e. The highest BCUT2D eigenvalue weighted by atomic mass is 35.5. The molecular formula is C27H20Cl2F3N7O3S. The van der Waals surface area contributed by atoms with Crippen molar-refractivity contribution in [2.24, 2.45) is 4.99 Å². The molecule has 10 nitrogen and oxygen atoms in total. The van der Waals surface area contributed by atoms with Gasteiger partial charge in [-0.3, -0.25) is 24.4 Å². The van der Waals surface area contributed by atoms with E-state index < -0.39 is 17.6 Å². The van der Waals surface area contributed by atoms with Crippen LogP contribution in [0.15, 0.2) is 53.1 Å². The Bertz CT molecular complexity index is 1770. The van der Waals surface area contributed by atoms with Gasteiger partial charge in [0.1, 0.15) is 13.2 Å². The molecular weight excluding hydrogens is 630 g/mol. The number of nitrogens with zero attached hydrogens (tertiary/aromatic N) is 6. The van der Waals surface area contributed by atoms with Crippen molar-refractivity contribution >= 4 is 63.3 Å². The minimum absolute atomic E-state index is 0.115. The maximum atomic E-state index is 13.0. The van der Waals surface area contributed by atoms with E-state index in [4.69, 9.17) is 27.9 Å². The second-order valence-corrected chi connectivity index (χ2v) is 11.3. The molecule has 0 atom stereocenters. The summed E-state index contributed by atoms with van der Waals surface area (Å²) in [5.41, 5.74) is 0.838. The average molecular weight is 650 g/mol. The Morgan fingerprint density at radius 2 is 1.95 bits per heavy atom. The van der Waals surface area contributed by atoms with E-state index in [0.717, 1.165) is 12.1 Å². The van der Waals surface area contributed by atoms with Crippen molar-refractivity contribution in [3.8, 4) is 17.0 Å². The van der Waals surface area contributed by atoms with Gasteiger partial charge in [0, 0.05) is 24.5 Å². The SMILES string of the molecule is CN1C(=O)c2c(ncn2CC(=O)Nc2nc(-c3cc(Cl)c(OCc4cccc(C(F)(F)F)c4)c(Cl)c3)cs2)N2CCN=C12. The summed E-state index contributed by atoms with van der Waals surface area (Å²) in [4.78, 5) is 42.2. The Kier molecular flexibility index (Phi) is 7.52. The second-order valence-electron chi connectivity index (χ2n) is 9.58. The zero-order valence-electron chi connectivity index (χ0n) is 22.2. The number of rotatable bonds is 7. The number of aliphatic imine (C=N–C) groups is 1. The first-order chi connectivity index (χ1) is 20.5. The normalized spacial score (nSPS) is 14.5. The van der Waals surface area contributed by atoms with E-state index >= 15 is 0 Å². The van der Waals surface area contributed by atoms with E-state index in [1.165, 1.54) is 39.3 Å². The van der Waals surface area contributed by atoms with Crippen molar-refractivity contribution in [2.75, 3.05) is 30.4 Å². The van der Waals surface area contributed by atoms with Gasteiger partial charge in [-0.2, -0.15) is 13.2 Å². The number of nitrogens with one attached hydrogen (secondary N) is 1. The highest BCUT2D eigenvalue weighted by molar-refractivity contribution is 7.14. The Hall–Kier alpha value is -4.14. The summed E-state index contributed by atoms with van der Waals surface area (Å²) in [6.07, 6.45) is -3.02. The zero-order chi connectivity index (χ0) is 30.5. The van der Waals surface area contributed by atoms with Crippen molar-refractivity contribution in [3.63, 3.8) is 0 Å². The lowest BCUT2D eigenvalue weighted by Gasteiger charge is -2.30. The van der Waals surface area contributed by atoms with Gasteiger partial charge in [0.05, 0.1) is 34.2 Å². The monoisotopic (exact) mass is 649 g/mol. The number of benzene rings is 2. The molecule has 2 aromatic heterocycles. The second kappa shape index (κ2) is 11.2. The number of ether oxygens (including phenoxy) is 1. The fraction of sp³-hybridized carbons (Fsp3) is 0.222. The van der Waals surface area contributed by atoms with E-state index in [-0.39, 0.29) is 34.9 Å². The van der Waals surface area contributed by atoms with Crippen LogP contribution in [0, 0.1) is 0 Å². The number of guanidine groups is 1. The van der Waals surface area contributed by atoms with E-state index in [1.807, 2.05) is 4.90 Å². The van der Waals surface area contributed by atoms with Gasteiger partial charge in [0.2, 0.25) is 11.9 Å². The standard InChI is InChI=1S/C27H20Cl2F3N7O3S/c1-37-24(41)21-23(39-6-5-33-26(37)39)34-13-38(21)10-20(40)36-25-35-19(12-43-25)15-8-17(28)22(18(29)9-15)42-11-14-3-2-4-16(7-14)27(30,31)32/h2-4,7-9,12-13H,5-6,10-11H2,1H3,(H,35,36,40). The third-order valence-corrected chi connectivity index (χ3v) is 8.01. The highest BCUT2D eigenvalue weighted by Crippen LogP contribution is 2.39. The Balaban J connectivity index is 1.12. The van der Waals surface area contributed by atoms with Crippen molar-refractivity contribution < 1.29 is 27.5 Å². The van der Waals surface area contributed by atoms with Crippen molar-refractivity contribution in [3.05, 3.63) is 75.0 Å². The number of thiazole rings is 1. The highest BCUT2D eigenvalue weighted by Gasteiger charge is 2.39. The average Bonchev–Trinajstić information content (AvgIpc) is 3.71. The molecule has 0 saturated carbocycles. The quantitative estimate of drug-likeness (QED) is 0.271. The van der Waals surface area contributed by atoms with Crippen LogP contribution in [-0.4, -0.2) is 57.3 Å².